The average molecular weight is 342 g/mol. The van der Waals surface area contributed by atoms with Gasteiger partial charge in [0.1, 0.15) is 36.9 Å². The standard InChI is InChI=1S/C20H22O5/c1-5-17(6-2-15(1)9-21-11-19-12-24-19)22-10-16-3-7-18(8-4-16)23-13-20-14-25-20/h1-8,19-20H,9-14H2. The van der Waals surface area contributed by atoms with E-state index in [0.717, 1.165) is 35.8 Å². The Morgan fingerprint density at radius 1 is 0.680 bits per heavy atom. The molecular weight excluding hydrogens is 320 g/mol. The molecule has 132 valence electrons. The van der Waals surface area contributed by atoms with Gasteiger partial charge in [0.25, 0.3) is 0 Å². The van der Waals surface area contributed by atoms with Crippen molar-refractivity contribution in [3.63, 3.8) is 0 Å². The molecule has 2 aromatic carbocycles. The molecule has 2 aromatic rings. The van der Waals surface area contributed by atoms with Crippen LogP contribution in [0.5, 0.6) is 11.5 Å². The second-order valence-corrected chi connectivity index (χ2v) is 6.31. The van der Waals surface area contributed by atoms with Crippen molar-refractivity contribution < 1.29 is 23.7 Å². The molecule has 5 heteroatoms. The lowest BCUT2D eigenvalue weighted by atomic mass is 10.2. The maximum atomic E-state index is 5.83. The minimum atomic E-state index is 0.276. The van der Waals surface area contributed by atoms with E-state index in [1.807, 2.05) is 48.5 Å². The molecule has 0 saturated carbocycles. The average Bonchev–Trinajstić information content (AvgIpc) is 3.55. The second-order valence-electron chi connectivity index (χ2n) is 6.31. The van der Waals surface area contributed by atoms with Crippen molar-refractivity contribution in [1.82, 2.24) is 0 Å². The number of benzene rings is 2. The van der Waals surface area contributed by atoms with E-state index < -0.39 is 0 Å². The highest BCUT2D eigenvalue weighted by atomic mass is 16.6. The Kier molecular flexibility index (Phi) is 5.16. The Bertz CT molecular complexity index is 659. The van der Waals surface area contributed by atoms with E-state index in [2.05, 4.69) is 0 Å². The minimum absolute atomic E-state index is 0.276. The SMILES string of the molecule is c1cc(OCc2ccc(OCC3CO3)cc2)ccc1COCC1CO1. The molecule has 0 bridgehead atoms. The molecular formula is C20H22O5. The third kappa shape index (κ3) is 5.46. The van der Waals surface area contributed by atoms with Gasteiger partial charge in [-0.25, -0.2) is 0 Å². The van der Waals surface area contributed by atoms with Gasteiger partial charge in [0.2, 0.25) is 0 Å². The number of ether oxygens (including phenoxy) is 5. The highest BCUT2D eigenvalue weighted by molar-refractivity contribution is 5.29. The van der Waals surface area contributed by atoms with Gasteiger partial charge in [-0.1, -0.05) is 24.3 Å². The van der Waals surface area contributed by atoms with Crippen LogP contribution in [-0.2, 0) is 27.4 Å². The van der Waals surface area contributed by atoms with Crippen molar-refractivity contribution in [3.8, 4) is 11.5 Å². The summed E-state index contributed by atoms with van der Waals surface area (Å²) in [5.41, 5.74) is 2.24. The van der Waals surface area contributed by atoms with Crippen LogP contribution in [0, 0.1) is 0 Å². The van der Waals surface area contributed by atoms with Gasteiger partial charge in [0.05, 0.1) is 26.4 Å². The van der Waals surface area contributed by atoms with Gasteiger partial charge in [-0.2, -0.15) is 0 Å². The maximum absolute atomic E-state index is 5.83. The predicted octanol–water partition coefficient (Wildman–Crippen LogP) is 2.96. The van der Waals surface area contributed by atoms with Crippen molar-refractivity contribution in [1.29, 1.82) is 0 Å². The predicted molar refractivity (Wildman–Crippen MR) is 91.8 cm³/mol. The molecule has 0 aromatic heterocycles. The highest BCUT2D eigenvalue weighted by Gasteiger charge is 2.23. The Morgan fingerprint density at radius 2 is 1.20 bits per heavy atom. The van der Waals surface area contributed by atoms with Gasteiger partial charge in [0, 0.05) is 0 Å². The zero-order valence-electron chi connectivity index (χ0n) is 14.1. The van der Waals surface area contributed by atoms with Crippen LogP contribution in [0.4, 0.5) is 0 Å². The molecule has 0 aliphatic carbocycles. The van der Waals surface area contributed by atoms with E-state index in [1.165, 1.54) is 0 Å². The van der Waals surface area contributed by atoms with Gasteiger partial charge >= 0.3 is 0 Å². The van der Waals surface area contributed by atoms with E-state index >= 15 is 0 Å². The molecule has 4 rings (SSSR count). The Balaban J connectivity index is 1.20. The summed E-state index contributed by atoms with van der Waals surface area (Å²) in [7, 11) is 0. The summed E-state index contributed by atoms with van der Waals surface area (Å²) in [6.45, 7) is 4.07. The van der Waals surface area contributed by atoms with Crippen molar-refractivity contribution >= 4 is 0 Å². The van der Waals surface area contributed by atoms with E-state index in [4.69, 9.17) is 23.7 Å². The van der Waals surface area contributed by atoms with E-state index in [-0.39, 0.29) is 6.10 Å². The first-order valence-corrected chi connectivity index (χ1v) is 8.59. The number of epoxide rings is 2. The van der Waals surface area contributed by atoms with Crippen LogP contribution in [0.25, 0.3) is 0 Å². The lowest BCUT2D eigenvalue weighted by Gasteiger charge is -2.09. The Morgan fingerprint density at radius 3 is 1.80 bits per heavy atom. The summed E-state index contributed by atoms with van der Waals surface area (Å²) in [5.74, 6) is 1.71. The zero-order valence-corrected chi connectivity index (χ0v) is 14.1. The Hall–Kier alpha value is -2.08. The molecule has 0 amide bonds. The van der Waals surface area contributed by atoms with Crippen LogP contribution in [0.2, 0.25) is 0 Å². The molecule has 0 N–H and O–H groups in total. The normalized spacial score (nSPS) is 21.0. The third-order valence-corrected chi connectivity index (χ3v) is 4.07. The maximum Gasteiger partial charge on any atom is 0.119 e. The van der Waals surface area contributed by atoms with Crippen molar-refractivity contribution in [2.45, 2.75) is 25.4 Å². The fourth-order valence-electron chi connectivity index (χ4n) is 2.36. The van der Waals surface area contributed by atoms with Gasteiger partial charge in [0.15, 0.2) is 0 Å². The number of rotatable bonds is 10. The van der Waals surface area contributed by atoms with Crippen LogP contribution in [0.3, 0.4) is 0 Å². The fourth-order valence-corrected chi connectivity index (χ4v) is 2.36. The summed E-state index contributed by atoms with van der Waals surface area (Å²) in [6.07, 6.45) is 0.583. The summed E-state index contributed by atoms with van der Waals surface area (Å²) < 4.78 is 27.3. The topological polar surface area (TPSA) is 52.8 Å². The number of hydrogen-bond acceptors (Lipinski definition) is 5. The van der Waals surface area contributed by atoms with Crippen molar-refractivity contribution in [2.24, 2.45) is 0 Å². The number of hydrogen-bond donors (Lipinski definition) is 0. The molecule has 0 radical (unpaired) electrons. The van der Waals surface area contributed by atoms with Gasteiger partial charge in [-0.05, 0) is 35.4 Å². The van der Waals surface area contributed by atoms with Crippen LogP contribution < -0.4 is 9.47 Å². The monoisotopic (exact) mass is 342 g/mol. The first kappa shape index (κ1) is 16.4. The molecule has 5 nitrogen and oxygen atoms in total. The van der Waals surface area contributed by atoms with E-state index in [9.17, 15) is 0 Å². The summed E-state index contributed by atoms with van der Waals surface area (Å²) in [4.78, 5) is 0. The van der Waals surface area contributed by atoms with Gasteiger partial charge < -0.3 is 23.7 Å². The molecule has 2 unspecified atom stereocenters. The van der Waals surface area contributed by atoms with Crippen LogP contribution in [-0.4, -0.2) is 38.6 Å². The molecule has 25 heavy (non-hydrogen) atoms. The summed E-state index contributed by atoms with van der Waals surface area (Å²) in [6, 6.07) is 16.0. The Labute approximate surface area is 147 Å². The minimum Gasteiger partial charge on any atom is -0.491 e. The fraction of sp³-hybridized carbons (Fsp3) is 0.400. The van der Waals surface area contributed by atoms with Gasteiger partial charge in [-0.15, -0.1) is 0 Å². The molecule has 2 heterocycles. The second kappa shape index (κ2) is 7.87. The summed E-state index contributed by atoms with van der Waals surface area (Å²) in [5, 5.41) is 0. The zero-order chi connectivity index (χ0) is 16.9. The third-order valence-electron chi connectivity index (χ3n) is 4.07. The molecule has 2 saturated heterocycles. The van der Waals surface area contributed by atoms with Crippen LogP contribution in [0.1, 0.15) is 11.1 Å². The lowest BCUT2D eigenvalue weighted by Crippen LogP contribution is -2.04. The first-order chi connectivity index (χ1) is 12.3. The molecule has 2 fully saturated rings. The molecule has 2 aliphatic rings. The molecule has 2 atom stereocenters. The lowest BCUT2D eigenvalue weighted by molar-refractivity contribution is 0.104. The molecule has 2 aliphatic heterocycles. The summed E-state index contributed by atoms with van der Waals surface area (Å²) >= 11 is 0. The van der Waals surface area contributed by atoms with Crippen LogP contribution in [0.15, 0.2) is 48.5 Å². The highest BCUT2D eigenvalue weighted by Crippen LogP contribution is 2.18. The smallest absolute Gasteiger partial charge is 0.119 e. The van der Waals surface area contributed by atoms with E-state index in [1.54, 1.807) is 0 Å². The van der Waals surface area contributed by atoms with Crippen molar-refractivity contribution in [3.05, 3.63) is 59.7 Å². The van der Waals surface area contributed by atoms with Crippen LogP contribution >= 0.6 is 0 Å². The van der Waals surface area contributed by atoms with Crippen molar-refractivity contribution in [2.75, 3.05) is 26.4 Å². The largest absolute Gasteiger partial charge is 0.491 e. The van der Waals surface area contributed by atoms with E-state index in [0.29, 0.717) is 32.5 Å². The quantitative estimate of drug-likeness (QED) is 0.622. The molecule has 0 spiro atoms. The van der Waals surface area contributed by atoms with Gasteiger partial charge in [-0.3, -0.25) is 0 Å². The first-order valence-electron chi connectivity index (χ1n) is 8.59.